The Morgan fingerprint density at radius 1 is 1.09 bits per heavy atom. The zero-order chi connectivity index (χ0) is 25.2. The van der Waals surface area contributed by atoms with Crippen LogP contribution in [0, 0.1) is 5.92 Å². The number of benzene rings is 1. The Morgan fingerprint density at radius 3 is 2.35 bits per heavy atom. The molecule has 34 heavy (non-hydrogen) atoms. The molecular weight excluding hydrogens is 430 g/mol. The molecule has 3 aliphatic heterocycles. The molecule has 184 valence electrons. The minimum absolute atomic E-state index is 0.0723. The highest BCUT2D eigenvalue weighted by atomic mass is 16.6. The van der Waals surface area contributed by atoms with Crippen molar-refractivity contribution in [3.63, 3.8) is 0 Å². The highest BCUT2D eigenvalue weighted by Crippen LogP contribution is 2.60. The van der Waals surface area contributed by atoms with Crippen molar-refractivity contribution < 1.29 is 24.2 Å². The molecule has 4 rings (SSSR count). The third-order valence-electron chi connectivity index (χ3n) is 7.94. The monoisotopic (exact) mass is 467 g/mol. The van der Waals surface area contributed by atoms with Crippen LogP contribution in [0.25, 0.3) is 0 Å². The van der Waals surface area contributed by atoms with Crippen molar-refractivity contribution in [2.24, 2.45) is 5.92 Å². The topological polar surface area (TPSA) is 84.9 Å². The van der Waals surface area contributed by atoms with Crippen LogP contribution in [0.3, 0.4) is 0 Å². The molecule has 2 N–H and O–H groups in total. The molecule has 6 nitrogen and oxygen atoms in total. The number of hydrogen-bond donors (Lipinski definition) is 2. The summed E-state index contributed by atoms with van der Waals surface area (Å²) in [5, 5.41) is 14.0. The Labute approximate surface area is 202 Å². The number of allylic oxidation sites excluding steroid dienone is 3. The van der Waals surface area contributed by atoms with E-state index in [9.17, 15) is 14.7 Å². The SMILES string of the molecule is CC(C)=CCc1c(O)ccc2c1OC13C(NC(C)C(=O)C1(CC=C(C)C)OC(C)(C)C3C)C2=O. The van der Waals surface area contributed by atoms with Gasteiger partial charge >= 0.3 is 0 Å². The van der Waals surface area contributed by atoms with Crippen molar-refractivity contribution in [1.29, 1.82) is 0 Å². The third-order valence-corrected chi connectivity index (χ3v) is 7.94. The average molecular weight is 468 g/mol. The molecule has 1 aromatic carbocycles. The number of piperidine rings is 1. The van der Waals surface area contributed by atoms with E-state index in [1.165, 1.54) is 0 Å². The van der Waals surface area contributed by atoms with Crippen LogP contribution in [-0.2, 0) is 16.0 Å². The second-order valence-electron chi connectivity index (χ2n) is 11.1. The number of carbonyl (C=O) groups is 2. The van der Waals surface area contributed by atoms with Gasteiger partial charge in [0, 0.05) is 17.9 Å². The second kappa shape index (κ2) is 8.06. The number of ether oxygens (including phenoxy) is 2. The summed E-state index contributed by atoms with van der Waals surface area (Å²) in [6.07, 6.45) is 4.73. The van der Waals surface area contributed by atoms with E-state index in [1.807, 2.05) is 60.6 Å². The molecule has 3 aliphatic rings. The number of phenols is 1. The van der Waals surface area contributed by atoms with E-state index in [1.54, 1.807) is 19.1 Å². The summed E-state index contributed by atoms with van der Waals surface area (Å²) in [5.74, 6) is -0.106. The maximum Gasteiger partial charge on any atom is 0.187 e. The lowest BCUT2D eigenvalue weighted by atomic mass is 9.60. The van der Waals surface area contributed by atoms with Crippen LogP contribution in [0.2, 0.25) is 0 Å². The fraction of sp³-hybridized carbons (Fsp3) is 0.571. The lowest BCUT2D eigenvalue weighted by Crippen LogP contribution is -2.80. The summed E-state index contributed by atoms with van der Waals surface area (Å²) in [6, 6.07) is 1.86. The Hall–Kier alpha value is -2.44. The molecule has 3 heterocycles. The van der Waals surface area contributed by atoms with Gasteiger partial charge in [0.15, 0.2) is 22.8 Å². The molecular formula is C28H37NO5. The summed E-state index contributed by atoms with van der Waals surface area (Å²) < 4.78 is 13.6. The van der Waals surface area contributed by atoms with Crippen LogP contribution in [0.4, 0.5) is 0 Å². The predicted molar refractivity (Wildman–Crippen MR) is 131 cm³/mol. The van der Waals surface area contributed by atoms with Gasteiger partial charge in [-0.15, -0.1) is 0 Å². The lowest BCUT2D eigenvalue weighted by Gasteiger charge is -2.55. The molecule has 2 fully saturated rings. The van der Waals surface area contributed by atoms with Crippen LogP contribution in [-0.4, -0.2) is 45.6 Å². The molecule has 1 spiro atoms. The number of Topliss-reactive ketones (excluding diaryl/α,β-unsaturated/α-hetero) is 2. The minimum atomic E-state index is -1.34. The highest BCUT2D eigenvalue weighted by Gasteiger charge is 2.78. The first-order chi connectivity index (χ1) is 15.8. The molecule has 6 heteroatoms. The van der Waals surface area contributed by atoms with Gasteiger partial charge in [0.25, 0.3) is 0 Å². The van der Waals surface area contributed by atoms with Gasteiger partial charge in [0.2, 0.25) is 0 Å². The summed E-state index contributed by atoms with van der Waals surface area (Å²) in [7, 11) is 0. The summed E-state index contributed by atoms with van der Waals surface area (Å²) in [6.45, 7) is 15.6. The molecule has 0 aromatic heterocycles. The van der Waals surface area contributed by atoms with Crippen molar-refractivity contribution in [3.8, 4) is 11.5 Å². The number of aromatic hydroxyl groups is 1. The van der Waals surface area contributed by atoms with Gasteiger partial charge in [0.1, 0.15) is 17.5 Å². The number of phenolic OH excluding ortho intramolecular Hbond substituents is 1. The highest BCUT2D eigenvalue weighted by molar-refractivity contribution is 6.08. The van der Waals surface area contributed by atoms with Crippen molar-refractivity contribution in [2.75, 3.05) is 0 Å². The van der Waals surface area contributed by atoms with Crippen LogP contribution >= 0.6 is 0 Å². The van der Waals surface area contributed by atoms with Crippen molar-refractivity contribution >= 4 is 11.6 Å². The van der Waals surface area contributed by atoms with E-state index in [2.05, 4.69) is 5.32 Å². The molecule has 0 bridgehead atoms. The maximum absolute atomic E-state index is 14.1. The van der Waals surface area contributed by atoms with E-state index < -0.39 is 28.9 Å². The molecule has 1 aromatic rings. The third kappa shape index (κ3) is 3.29. The fourth-order valence-electron chi connectivity index (χ4n) is 5.91. The standard InChI is InChI=1S/C28H37NO5/c1-15(2)9-10-19-21(30)12-11-20-22(31)24-28(33-23(19)20)18(6)26(7,8)34-27(28,14-13-16(3)4)25(32)17(5)29-24/h9,11-13,17-18,24,29-30H,10,14H2,1-8H3. The number of carbonyl (C=O) groups excluding carboxylic acids is 2. The number of rotatable bonds is 4. The van der Waals surface area contributed by atoms with Gasteiger partial charge in [-0.2, -0.15) is 0 Å². The maximum atomic E-state index is 14.1. The van der Waals surface area contributed by atoms with Crippen molar-refractivity contribution in [2.45, 2.75) is 97.1 Å². The van der Waals surface area contributed by atoms with Gasteiger partial charge in [-0.1, -0.05) is 30.2 Å². The summed E-state index contributed by atoms with van der Waals surface area (Å²) >= 11 is 0. The Kier molecular flexibility index (Phi) is 5.85. The van der Waals surface area contributed by atoms with Crippen molar-refractivity contribution in [1.82, 2.24) is 5.32 Å². The largest absolute Gasteiger partial charge is 0.508 e. The normalized spacial score (nSPS) is 33.4. The molecule has 0 saturated carbocycles. The quantitative estimate of drug-likeness (QED) is 0.626. The average Bonchev–Trinajstić information content (AvgIpc) is 2.92. The summed E-state index contributed by atoms with van der Waals surface area (Å²) in [4.78, 5) is 28.0. The van der Waals surface area contributed by atoms with Gasteiger partial charge in [-0.05, 0) is 67.0 Å². The predicted octanol–water partition coefficient (Wildman–Crippen LogP) is 4.68. The van der Waals surface area contributed by atoms with Crippen molar-refractivity contribution in [3.05, 3.63) is 46.6 Å². The molecule has 0 amide bonds. The first-order valence-electron chi connectivity index (χ1n) is 12.1. The van der Waals surface area contributed by atoms with Gasteiger partial charge in [-0.3, -0.25) is 14.9 Å². The second-order valence-corrected chi connectivity index (χ2v) is 11.1. The van der Waals surface area contributed by atoms with Crippen LogP contribution in [0.1, 0.15) is 77.7 Å². The minimum Gasteiger partial charge on any atom is -0.508 e. The Morgan fingerprint density at radius 2 is 1.74 bits per heavy atom. The van der Waals surface area contributed by atoms with Gasteiger partial charge in [-0.25, -0.2) is 0 Å². The first kappa shape index (κ1) is 24.7. The van der Waals surface area contributed by atoms with E-state index in [0.717, 1.165) is 11.1 Å². The molecule has 2 saturated heterocycles. The molecule has 5 unspecified atom stereocenters. The fourth-order valence-corrected chi connectivity index (χ4v) is 5.91. The number of fused-ring (bicyclic) bond motifs is 1. The molecule has 0 aliphatic carbocycles. The van der Waals surface area contributed by atoms with Gasteiger partial charge in [0.05, 0.1) is 17.2 Å². The van der Waals surface area contributed by atoms with Crippen LogP contribution in [0.5, 0.6) is 11.5 Å². The van der Waals surface area contributed by atoms with Gasteiger partial charge < -0.3 is 14.6 Å². The zero-order valence-corrected chi connectivity index (χ0v) is 21.5. The van der Waals surface area contributed by atoms with E-state index in [0.29, 0.717) is 29.7 Å². The van der Waals surface area contributed by atoms with Crippen LogP contribution in [0.15, 0.2) is 35.4 Å². The Balaban J connectivity index is 2.02. The Bertz CT molecular complexity index is 1110. The number of nitrogens with one attached hydrogen (secondary N) is 1. The molecule has 5 atom stereocenters. The molecule has 0 radical (unpaired) electrons. The summed E-state index contributed by atoms with van der Waals surface area (Å²) in [5.41, 5.74) is -0.185. The van der Waals surface area contributed by atoms with E-state index >= 15 is 0 Å². The zero-order valence-electron chi connectivity index (χ0n) is 21.5. The van der Waals surface area contributed by atoms with E-state index in [-0.39, 0.29) is 23.2 Å². The first-order valence-corrected chi connectivity index (χ1v) is 12.1. The van der Waals surface area contributed by atoms with Crippen LogP contribution < -0.4 is 10.1 Å². The van der Waals surface area contributed by atoms with E-state index in [4.69, 9.17) is 9.47 Å². The number of ketones is 2. The smallest absolute Gasteiger partial charge is 0.187 e. The number of hydrogen-bond acceptors (Lipinski definition) is 6. The lowest BCUT2D eigenvalue weighted by molar-refractivity contribution is -0.182.